The van der Waals surface area contributed by atoms with Crippen LogP contribution < -0.4 is 5.69 Å². The summed E-state index contributed by atoms with van der Waals surface area (Å²) in [5.41, 5.74) is -0.885. The molecule has 0 N–H and O–H groups in total. The van der Waals surface area contributed by atoms with E-state index in [2.05, 4.69) is 5.10 Å². The van der Waals surface area contributed by atoms with E-state index in [1.165, 1.54) is 18.2 Å². The van der Waals surface area contributed by atoms with Crippen molar-refractivity contribution in [3.05, 3.63) is 46.1 Å². The molecule has 0 bridgehead atoms. The third kappa shape index (κ3) is 3.43. The Kier molecular flexibility index (Phi) is 5.07. The van der Waals surface area contributed by atoms with Gasteiger partial charge in [-0.2, -0.15) is 22.7 Å². The number of alkyl halides is 3. The van der Waals surface area contributed by atoms with Crippen molar-refractivity contribution >= 4 is 10.0 Å². The van der Waals surface area contributed by atoms with Crippen LogP contribution in [0.5, 0.6) is 0 Å². The molecule has 0 atom stereocenters. The smallest absolute Gasteiger partial charge is 0.274 e. The van der Waals surface area contributed by atoms with Crippen molar-refractivity contribution in [3.8, 4) is 6.07 Å². The van der Waals surface area contributed by atoms with Gasteiger partial charge in [0.1, 0.15) is 6.07 Å². The summed E-state index contributed by atoms with van der Waals surface area (Å²) in [6.45, 7) is -0.00570. The van der Waals surface area contributed by atoms with E-state index >= 15 is 0 Å². The number of rotatable bonds is 3. The molecule has 150 valence electrons. The first-order chi connectivity index (χ1) is 13.1. The van der Waals surface area contributed by atoms with Crippen LogP contribution in [0.4, 0.5) is 13.2 Å². The average Bonchev–Trinajstić information content (AvgIpc) is 2.97. The molecule has 1 aliphatic rings. The lowest BCUT2D eigenvalue weighted by Crippen LogP contribution is -2.41. The fraction of sp³-hybridized carbons (Fsp3) is 0.438. The number of nitriles is 1. The van der Waals surface area contributed by atoms with Gasteiger partial charge in [0.05, 0.1) is 16.5 Å². The van der Waals surface area contributed by atoms with Gasteiger partial charge in [-0.25, -0.2) is 17.9 Å². The van der Waals surface area contributed by atoms with Crippen LogP contribution in [0, 0.1) is 11.3 Å². The Morgan fingerprint density at radius 3 is 2.36 bits per heavy atom. The lowest BCUT2D eigenvalue weighted by atomic mass is 10.1. The van der Waals surface area contributed by atoms with E-state index in [0.717, 1.165) is 16.0 Å². The highest BCUT2D eigenvalue weighted by Crippen LogP contribution is 2.29. The molecule has 1 aliphatic heterocycles. The molecule has 2 aromatic rings. The predicted molar refractivity (Wildman–Crippen MR) is 90.7 cm³/mol. The monoisotopic (exact) mass is 415 g/mol. The summed E-state index contributed by atoms with van der Waals surface area (Å²) in [5, 5.41) is 12.5. The van der Waals surface area contributed by atoms with Gasteiger partial charge in [-0.3, -0.25) is 4.57 Å². The first kappa shape index (κ1) is 20.1. The summed E-state index contributed by atoms with van der Waals surface area (Å²) in [6.07, 6.45) is -4.51. The van der Waals surface area contributed by atoms with Crippen molar-refractivity contribution in [3.63, 3.8) is 0 Å². The van der Waals surface area contributed by atoms with Gasteiger partial charge in [0.15, 0.2) is 0 Å². The molecule has 0 saturated carbocycles. The molecule has 2 heterocycles. The fourth-order valence-corrected chi connectivity index (χ4v) is 4.80. The maximum absolute atomic E-state index is 12.9. The van der Waals surface area contributed by atoms with Gasteiger partial charge in [0.25, 0.3) is 0 Å². The first-order valence-electron chi connectivity index (χ1n) is 8.29. The van der Waals surface area contributed by atoms with E-state index in [1.54, 1.807) is 6.07 Å². The van der Waals surface area contributed by atoms with Crippen molar-refractivity contribution in [1.29, 1.82) is 5.26 Å². The quantitative estimate of drug-likeness (QED) is 0.756. The van der Waals surface area contributed by atoms with E-state index in [4.69, 9.17) is 5.26 Å². The number of nitrogens with zero attached hydrogens (tertiary/aromatic N) is 5. The molecule has 1 aromatic carbocycles. The molecule has 8 nitrogen and oxygen atoms in total. The van der Waals surface area contributed by atoms with E-state index in [1.807, 2.05) is 6.07 Å². The van der Waals surface area contributed by atoms with Crippen LogP contribution in [-0.2, 0) is 23.2 Å². The van der Waals surface area contributed by atoms with E-state index < -0.39 is 33.8 Å². The van der Waals surface area contributed by atoms with Crippen molar-refractivity contribution in [2.75, 3.05) is 13.1 Å². The first-order valence-corrected chi connectivity index (χ1v) is 9.73. The van der Waals surface area contributed by atoms with Crippen LogP contribution in [-0.4, -0.2) is 40.2 Å². The number of halogens is 3. The van der Waals surface area contributed by atoms with Gasteiger partial charge in [0.2, 0.25) is 15.8 Å². The number of aromatic nitrogens is 3. The number of hydrogen-bond donors (Lipinski definition) is 0. The van der Waals surface area contributed by atoms with Crippen molar-refractivity contribution in [2.24, 2.45) is 7.05 Å². The van der Waals surface area contributed by atoms with Gasteiger partial charge in [0, 0.05) is 20.1 Å². The van der Waals surface area contributed by atoms with Gasteiger partial charge in [-0.1, -0.05) is 12.1 Å². The summed E-state index contributed by atoms with van der Waals surface area (Å²) in [7, 11) is -2.94. The minimum atomic E-state index is -4.76. The Bertz CT molecular complexity index is 1090. The molecule has 1 aromatic heterocycles. The lowest BCUT2D eigenvalue weighted by Gasteiger charge is -2.31. The van der Waals surface area contributed by atoms with Crippen LogP contribution in [0.25, 0.3) is 0 Å². The second kappa shape index (κ2) is 7.06. The van der Waals surface area contributed by atoms with Gasteiger partial charge in [-0.15, -0.1) is 5.10 Å². The van der Waals surface area contributed by atoms with Gasteiger partial charge < -0.3 is 0 Å². The third-order valence-electron chi connectivity index (χ3n) is 4.65. The van der Waals surface area contributed by atoms with Gasteiger partial charge >= 0.3 is 11.9 Å². The molecule has 1 fully saturated rings. The number of piperidine rings is 1. The Morgan fingerprint density at radius 2 is 1.82 bits per heavy atom. The van der Waals surface area contributed by atoms with E-state index in [-0.39, 0.29) is 36.4 Å². The van der Waals surface area contributed by atoms with Crippen molar-refractivity contribution in [1.82, 2.24) is 18.7 Å². The second-order valence-electron chi connectivity index (χ2n) is 6.35. The van der Waals surface area contributed by atoms with Crippen LogP contribution >= 0.6 is 0 Å². The summed E-state index contributed by atoms with van der Waals surface area (Å²) in [5.74, 6) is -1.30. The molecule has 0 amide bonds. The molecule has 0 unspecified atom stereocenters. The highest BCUT2D eigenvalue weighted by molar-refractivity contribution is 7.89. The minimum absolute atomic E-state index is 0.00285. The second-order valence-corrected chi connectivity index (χ2v) is 8.26. The molecule has 28 heavy (non-hydrogen) atoms. The molecule has 0 radical (unpaired) electrons. The highest BCUT2D eigenvalue weighted by atomic mass is 32.2. The molecule has 0 spiro atoms. The predicted octanol–water partition coefficient (Wildman–Crippen LogP) is 1.50. The summed E-state index contributed by atoms with van der Waals surface area (Å²) < 4.78 is 66.8. The Hall–Kier alpha value is -2.65. The van der Waals surface area contributed by atoms with Crippen LogP contribution in [0.2, 0.25) is 0 Å². The largest absolute Gasteiger partial charge is 0.451 e. The summed E-state index contributed by atoms with van der Waals surface area (Å²) >= 11 is 0. The van der Waals surface area contributed by atoms with Crippen molar-refractivity contribution < 1.29 is 21.6 Å². The SMILES string of the molecule is Cn1c(C(F)(F)F)nn(C2CCN(S(=O)(=O)c3ccccc3C#N)CC2)c1=O. The molecular formula is C16H16F3N5O3S. The molecule has 0 aliphatic carbocycles. The molecular weight excluding hydrogens is 399 g/mol. The van der Waals surface area contributed by atoms with E-state index in [0.29, 0.717) is 4.57 Å². The number of hydrogen-bond acceptors (Lipinski definition) is 5. The molecule has 1 saturated heterocycles. The maximum Gasteiger partial charge on any atom is 0.451 e. The van der Waals surface area contributed by atoms with Gasteiger partial charge in [-0.05, 0) is 25.0 Å². The standard InChI is InChI=1S/C16H16F3N5O3S/c1-22-14(16(17,18)19)21-24(15(22)25)12-6-8-23(9-7-12)28(26,27)13-5-3-2-4-11(13)10-20/h2-5,12H,6-9H2,1H3. The zero-order valence-electron chi connectivity index (χ0n) is 14.7. The number of sulfonamides is 1. The van der Waals surface area contributed by atoms with Crippen LogP contribution in [0.3, 0.4) is 0 Å². The van der Waals surface area contributed by atoms with Crippen LogP contribution in [0.1, 0.15) is 30.3 Å². The Morgan fingerprint density at radius 1 is 1.21 bits per heavy atom. The molecule has 3 rings (SSSR count). The van der Waals surface area contributed by atoms with Crippen LogP contribution in [0.15, 0.2) is 34.0 Å². The average molecular weight is 415 g/mol. The summed E-state index contributed by atoms with van der Waals surface area (Å²) in [6, 6.07) is 6.97. The van der Waals surface area contributed by atoms with E-state index in [9.17, 15) is 26.4 Å². The lowest BCUT2D eigenvalue weighted by molar-refractivity contribution is -0.147. The Labute approximate surface area is 158 Å². The topological polar surface area (TPSA) is 101 Å². The Balaban J connectivity index is 1.82. The zero-order valence-corrected chi connectivity index (χ0v) is 15.5. The fourth-order valence-electron chi connectivity index (χ4n) is 3.19. The highest BCUT2D eigenvalue weighted by Gasteiger charge is 2.39. The number of benzene rings is 1. The zero-order chi connectivity index (χ0) is 20.7. The molecule has 12 heteroatoms. The third-order valence-corrected chi connectivity index (χ3v) is 6.61. The minimum Gasteiger partial charge on any atom is -0.274 e. The summed E-state index contributed by atoms with van der Waals surface area (Å²) in [4.78, 5) is 12.0. The normalized spacial score (nSPS) is 16.8. The maximum atomic E-state index is 12.9. The van der Waals surface area contributed by atoms with Crippen molar-refractivity contribution in [2.45, 2.75) is 30.0 Å².